The Morgan fingerprint density at radius 3 is 3.07 bits per heavy atom. The van der Waals surface area contributed by atoms with Crippen LogP contribution in [0.1, 0.15) is 12.0 Å². The standard InChI is InChI=1S/C20H22ClN5O/c21-17-5-3-9-22-19(17)26-11-8-15(13-26)25-20(27)23-10-7-14-12-24-18-6-2-1-4-16(14)18/h1-6,9,12,15,24H,7-8,10-11,13H2,(H2,23,25,27). The van der Waals surface area contributed by atoms with Gasteiger partial charge in [0.25, 0.3) is 0 Å². The highest BCUT2D eigenvalue weighted by atomic mass is 35.5. The summed E-state index contributed by atoms with van der Waals surface area (Å²) in [5.41, 5.74) is 2.33. The van der Waals surface area contributed by atoms with E-state index in [-0.39, 0.29) is 12.1 Å². The van der Waals surface area contributed by atoms with E-state index in [1.165, 1.54) is 10.9 Å². The van der Waals surface area contributed by atoms with Gasteiger partial charge in [0.2, 0.25) is 0 Å². The van der Waals surface area contributed by atoms with Crippen LogP contribution in [0.3, 0.4) is 0 Å². The van der Waals surface area contributed by atoms with E-state index in [4.69, 9.17) is 11.6 Å². The Morgan fingerprint density at radius 2 is 2.19 bits per heavy atom. The van der Waals surface area contributed by atoms with Crippen molar-refractivity contribution in [3.05, 3.63) is 59.4 Å². The van der Waals surface area contributed by atoms with Gasteiger partial charge in [0.1, 0.15) is 5.82 Å². The molecule has 1 aliphatic heterocycles. The Hall–Kier alpha value is -2.73. The molecular weight excluding hydrogens is 362 g/mol. The van der Waals surface area contributed by atoms with E-state index in [0.29, 0.717) is 18.1 Å². The molecule has 4 rings (SSSR count). The number of aromatic amines is 1. The quantitative estimate of drug-likeness (QED) is 0.632. The van der Waals surface area contributed by atoms with Crippen LogP contribution < -0.4 is 15.5 Å². The number of para-hydroxylation sites is 1. The molecule has 1 aliphatic rings. The van der Waals surface area contributed by atoms with Gasteiger partial charge in [-0.1, -0.05) is 29.8 Å². The summed E-state index contributed by atoms with van der Waals surface area (Å²) in [6, 6.07) is 11.8. The van der Waals surface area contributed by atoms with Gasteiger partial charge in [-0.3, -0.25) is 0 Å². The highest BCUT2D eigenvalue weighted by Crippen LogP contribution is 2.25. The van der Waals surface area contributed by atoms with Gasteiger partial charge in [-0.2, -0.15) is 0 Å². The molecule has 6 nitrogen and oxygen atoms in total. The molecule has 0 bridgehead atoms. The summed E-state index contributed by atoms with van der Waals surface area (Å²) in [5.74, 6) is 0.781. The summed E-state index contributed by atoms with van der Waals surface area (Å²) in [5, 5.41) is 7.85. The average Bonchev–Trinajstić information content (AvgIpc) is 3.30. The summed E-state index contributed by atoms with van der Waals surface area (Å²) >= 11 is 6.21. The van der Waals surface area contributed by atoms with Gasteiger partial charge in [0.15, 0.2) is 0 Å². The number of hydrogen-bond donors (Lipinski definition) is 3. The zero-order valence-electron chi connectivity index (χ0n) is 14.9. The fourth-order valence-corrected chi connectivity index (χ4v) is 3.81. The summed E-state index contributed by atoms with van der Waals surface area (Å²) in [6.07, 6.45) is 5.41. The molecule has 2 aromatic heterocycles. The summed E-state index contributed by atoms with van der Waals surface area (Å²) < 4.78 is 0. The second-order valence-corrected chi connectivity index (χ2v) is 7.16. The maximum Gasteiger partial charge on any atom is 0.315 e. The van der Waals surface area contributed by atoms with Crippen LogP contribution in [0, 0.1) is 0 Å². The summed E-state index contributed by atoms with van der Waals surface area (Å²) in [4.78, 5) is 21.9. The lowest BCUT2D eigenvalue weighted by molar-refractivity contribution is 0.238. The number of aromatic nitrogens is 2. The molecule has 1 unspecified atom stereocenters. The first kappa shape index (κ1) is 17.7. The van der Waals surface area contributed by atoms with Crippen molar-refractivity contribution in [2.24, 2.45) is 0 Å². The van der Waals surface area contributed by atoms with Gasteiger partial charge in [0.05, 0.1) is 5.02 Å². The Bertz CT molecular complexity index is 941. The first-order valence-corrected chi connectivity index (χ1v) is 9.53. The number of anilines is 1. The first-order valence-electron chi connectivity index (χ1n) is 9.15. The smallest absolute Gasteiger partial charge is 0.315 e. The Kier molecular flexibility index (Phi) is 5.16. The molecule has 0 radical (unpaired) electrons. The number of halogens is 1. The zero-order chi connectivity index (χ0) is 18.6. The molecule has 1 fully saturated rings. The van der Waals surface area contributed by atoms with Gasteiger partial charge in [-0.15, -0.1) is 0 Å². The molecule has 0 spiro atoms. The number of rotatable bonds is 5. The fourth-order valence-electron chi connectivity index (χ4n) is 3.57. The highest BCUT2D eigenvalue weighted by Gasteiger charge is 2.25. The number of carbonyl (C=O) groups excluding carboxylic acids is 1. The van der Waals surface area contributed by atoms with Crippen LogP contribution >= 0.6 is 11.6 Å². The number of amides is 2. The van der Waals surface area contributed by atoms with E-state index in [1.54, 1.807) is 6.20 Å². The fraction of sp³-hybridized carbons (Fsp3) is 0.300. The predicted molar refractivity (Wildman–Crippen MR) is 108 cm³/mol. The van der Waals surface area contributed by atoms with Crippen molar-refractivity contribution < 1.29 is 4.79 Å². The second kappa shape index (κ2) is 7.88. The highest BCUT2D eigenvalue weighted by molar-refractivity contribution is 6.32. The van der Waals surface area contributed by atoms with E-state index in [1.807, 2.05) is 30.5 Å². The molecular formula is C20H22ClN5O. The van der Waals surface area contributed by atoms with E-state index in [9.17, 15) is 4.79 Å². The monoisotopic (exact) mass is 383 g/mol. The number of H-pyrrole nitrogens is 1. The number of nitrogens with one attached hydrogen (secondary N) is 3. The SMILES string of the molecule is O=C(NCCc1c[nH]c2ccccc12)NC1CCN(c2ncccc2Cl)C1. The van der Waals surface area contributed by atoms with Crippen molar-refractivity contribution in [1.29, 1.82) is 0 Å². The maximum absolute atomic E-state index is 12.2. The normalized spacial score (nSPS) is 16.6. The van der Waals surface area contributed by atoms with Crippen LogP contribution in [-0.2, 0) is 6.42 Å². The largest absolute Gasteiger partial charge is 0.361 e. The molecule has 1 atom stereocenters. The molecule has 1 saturated heterocycles. The molecule has 2 amide bonds. The van der Waals surface area contributed by atoms with Crippen molar-refractivity contribution in [1.82, 2.24) is 20.6 Å². The molecule has 3 N–H and O–H groups in total. The topological polar surface area (TPSA) is 73.1 Å². The van der Waals surface area contributed by atoms with E-state index in [0.717, 1.165) is 30.7 Å². The molecule has 27 heavy (non-hydrogen) atoms. The van der Waals surface area contributed by atoms with Crippen LogP contribution in [-0.4, -0.2) is 41.7 Å². The molecule has 0 saturated carbocycles. The average molecular weight is 384 g/mol. The zero-order valence-corrected chi connectivity index (χ0v) is 15.7. The minimum Gasteiger partial charge on any atom is -0.361 e. The third kappa shape index (κ3) is 4.01. The lowest BCUT2D eigenvalue weighted by Gasteiger charge is -2.19. The van der Waals surface area contributed by atoms with Gasteiger partial charge < -0.3 is 20.5 Å². The first-order chi connectivity index (χ1) is 13.2. The van der Waals surface area contributed by atoms with Gasteiger partial charge in [-0.05, 0) is 36.6 Å². The summed E-state index contributed by atoms with van der Waals surface area (Å²) in [6.45, 7) is 2.14. The van der Waals surface area contributed by atoms with Crippen molar-refractivity contribution in [2.75, 3.05) is 24.5 Å². The number of pyridine rings is 1. The Balaban J connectivity index is 1.25. The predicted octanol–water partition coefficient (Wildman–Crippen LogP) is 3.34. The van der Waals surface area contributed by atoms with E-state index < -0.39 is 0 Å². The minimum absolute atomic E-state index is 0.0937. The van der Waals surface area contributed by atoms with Crippen molar-refractivity contribution in [3.8, 4) is 0 Å². The minimum atomic E-state index is -0.131. The number of fused-ring (bicyclic) bond motifs is 1. The van der Waals surface area contributed by atoms with Crippen LogP contribution in [0.2, 0.25) is 5.02 Å². The van der Waals surface area contributed by atoms with Gasteiger partial charge in [0, 0.05) is 49.0 Å². The van der Waals surface area contributed by atoms with E-state index >= 15 is 0 Å². The molecule has 1 aromatic carbocycles. The van der Waals surface area contributed by atoms with Crippen LogP contribution in [0.5, 0.6) is 0 Å². The van der Waals surface area contributed by atoms with Crippen molar-refractivity contribution >= 4 is 34.4 Å². The Labute approximate surface area is 162 Å². The van der Waals surface area contributed by atoms with Crippen LogP contribution in [0.4, 0.5) is 10.6 Å². The number of hydrogen-bond acceptors (Lipinski definition) is 3. The number of urea groups is 1. The maximum atomic E-state index is 12.2. The van der Waals surface area contributed by atoms with Crippen molar-refractivity contribution in [2.45, 2.75) is 18.9 Å². The third-order valence-corrected chi connectivity index (χ3v) is 5.21. The lowest BCUT2D eigenvalue weighted by atomic mass is 10.1. The van der Waals surface area contributed by atoms with Crippen molar-refractivity contribution in [3.63, 3.8) is 0 Å². The second-order valence-electron chi connectivity index (χ2n) is 6.75. The van der Waals surface area contributed by atoms with Gasteiger partial charge >= 0.3 is 6.03 Å². The lowest BCUT2D eigenvalue weighted by Crippen LogP contribution is -2.44. The molecule has 3 aromatic rings. The molecule has 3 heterocycles. The number of nitrogens with zero attached hydrogens (tertiary/aromatic N) is 2. The van der Waals surface area contributed by atoms with Crippen LogP contribution in [0.25, 0.3) is 10.9 Å². The van der Waals surface area contributed by atoms with Crippen LogP contribution in [0.15, 0.2) is 48.8 Å². The number of carbonyl (C=O) groups is 1. The van der Waals surface area contributed by atoms with E-state index in [2.05, 4.69) is 37.6 Å². The summed E-state index contributed by atoms with van der Waals surface area (Å²) in [7, 11) is 0. The molecule has 7 heteroatoms. The van der Waals surface area contributed by atoms with Gasteiger partial charge in [-0.25, -0.2) is 9.78 Å². The Morgan fingerprint density at radius 1 is 1.30 bits per heavy atom. The molecule has 140 valence electrons. The number of benzene rings is 1. The third-order valence-electron chi connectivity index (χ3n) is 4.92. The molecule has 0 aliphatic carbocycles.